The fraction of sp³-hybridized carbons (Fsp3) is 0.125. The number of benzene rings is 1. The van der Waals surface area contributed by atoms with Gasteiger partial charge in [-0.05, 0) is 51.9 Å². The molecule has 1 amide bonds. The predicted molar refractivity (Wildman–Crippen MR) is 170 cm³/mol. The Morgan fingerprint density at radius 3 is 2.40 bits per heavy atom. The first-order valence-electron chi connectivity index (χ1n) is 13.8. The second kappa shape index (κ2) is 10.3. The number of fused-ring (bicyclic) bond motifs is 4. The van der Waals surface area contributed by atoms with E-state index in [2.05, 4.69) is 36.4 Å². The Balaban J connectivity index is 1.40. The molecule has 0 saturated carbocycles. The van der Waals surface area contributed by atoms with E-state index in [0.29, 0.717) is 10.0 Å². The van der Waals surface area contributed by atoms with Gasteiger partial charge in [-0.2, -0.15) is 5.10 Å². The summed E-state index contributed by atoms with van der Waals surface area (Å²) in [5, 5.41) is 35.7. The molecule has 14 nitrogen and oxygen atoms in total. The van der Waals surface area contributed by atoms with Crippen molar-refractivity contribution in [1.29, 1.82) is 0 Å². The highest BCUT2D eigenvalue weighted by atomic mass is 79.9. The first-order valence-corrected chi connectivity index (χ1v) is 14.6. The Hall–Kier alpha value is -5.96. The van der Waals surface area contributed by atoms with Crippen LogP contribution in [0.25, 0.3) is 22.3 Å². The SMILES string of the molecule is COc1cc(=O)c2c(=O)c3c(c(=O)c=2c1=O)=C(O)[C@]1(CCc2cc4cc(/C=N/NC(=O)c5ccncc5Br)[nH]c(=O)c4c(O)c21)C=3O. The van der Waals surface area contributed by atoms with Crippen molar-refractivity contribution >= 4 is 50.3 Å². The zero-order chi connectivity index (χ0) is 33.5. The molecule has 47 heavy (non-hydrogen) atoms. The number of aryl methyl sites for hydroxylation is 1. The van der Waals surface area contributed by atoms with E-state index in [9.17, 15) is 44.1 Å². The molecule has 1 aromatic carbocycles. The molecule has 2 aromatic heterocycles. The number of nitrogens with zero attached hydrogens (tertiary/aromatic N) is 2. The van der Waals surface area contributed by atoms with Crippen LogP contribution in [0.2, 0.25) is 0 Å². The highest BCUT2D eigenvalue weighted by Crippen LogP contribution is 2.54. The van der Waals surface area contributed by atoms with Crippen LogP contribution < -0.4 is 47.9 Å². The third kappa shape index (κ3) is 3.95. The molecule has 7 rings (SSSR count). The number of halogens is 1. The lowest BCUT2D eigenvalue weighted by Gasteiger charge is -2.27. The molecule has 15 heteroatoms. The maximum absolute atomic E-state index is 13.6. The minimum absolute atomic E-state index is 0.108. The molecule has 3 aromatic rings. The molecular formula is C32H19BrN4O10. The first kappa shape index (κ1) is 29.7. The quantitative estimate of drug-likeness (QED) is 0.118. The lowest BCUT2D eigenvalue weighted by Crippen LogP contribution is -2.51. The molecule has 4 aliphatic rings. The van der Waals surface area contributed by atoms with E-state index in [1.165, 1.54) is 30.7 Å². The highest BCUT2D eigenvalue weighted by Gasteiger charge is 2.53. The number of nitrogens with one attached hydrogen (secondary N) is 2. The standard InChI is InChI=1S/C32H19BrN4O10/c1-47-17-8-16(38)19-20(24(17)39)26(41)22-21(25(19)40)28(43)32(29(22)44)4-2-11-6-12-7-13(36-31(46)18(12)27(42)23(11)32)9-35-37-30(45)14-3-5-34-10-15(14)33/h3,5-10,42-44H,2,4H2,1H3,(H,36,46)(H,37,45)/b35-9+/t32-/m0/s1. The smallest absolute Gasteiger partial charge is 0.272 e. The summed E-state index contributed by atoms with van der Waals surface area (Å²) in [6, 6.07) is 5.28. The number of carbonyl (C=O) groups is 1. The highest BCUT2D eigenvalue weighted by molar-refractivity contribution is 9.10. The Morgan fingerprint density at radius 1 is 1.02 bits per heavy atom. The number of methoxy groups -OCH3 is 1. The Kier molecular flexibility index (Phi) is 6.50. The maximum atomic E-state index is 13.6. The zero-order valence-electron chi connectivity index (χ0n) is 23.9. The van der Waals surface area contributed by atoms with E-state index < -0.39 is 82.5 Å². The van der Waals surface area contributed by atoms with Gasteiger partial charge in [0.1, 0.15) is 22.7 Å². The lowest BCUT2D eigenvalue weighted by atomic mass is 9.78. The van der Waals surface area contributed by atoms with Crippen LogP contribution in [0.3, 0.4) is 0 Å². The number of H-pyrrole nitrogens is 1. The van der Waals surface area contributed by atoms with Gasteiger partial charge in [0.05, 0.1) is 50.8 Å². The minimum atomic E-state index is -2.01. The summed E-state index contributed by atoms with van der Waals surface area (Å²) in [6.45, 7) is 0. The number of aliphatic hydroxyl groups excluding tert-OH is 2. The van der Waals surface area contributed by atoms with Crippen molar-refractivity contribution in [1.82, 2.24) is 15.4 Å². The minimum Gasteiger partial charge on any atom is -0.510 e. The molecule has 0 saturated heterocycles. The average Bonchev–Trinajstić information content (AvgIpc) is 3.53. The molecule has 0 bridgehead atoms. The van der Waals surface area contributed by atoms with Crippen molar-refractivity contribution in [2.24, 2.45) is 5.10 Å². The molecule has 0 aliphatic heterocycles. The number of aromatic amines is 1. The van der Waals surface area contributed by atoms with E-state index >= 15 is 0 Å². The van der Waals surface area contributed by atoms with E-state index in [1.54, 1.807) is 6.07 Å². The van der Waals surface area contributed by atoms with Crippen molar-refractivity contribution in [2.75, 3.05) is 7.11 Å². The van der Waals surface area contributed by atoms with Gasteiger partial charge in [0.15, 0.2) is 11.2 Å². The molecule has 0 unspecified atom stereocenters. The van der Waals surface area contributed by atoms with Gasteiger partial charge in [-0.1, -0.05) is 6.07 Å². The Bertz CT molecular complexity index is 2790. The number of phenols is 1. The van der Waals surface area contributed by atoms with E-state index in [1.807, 2.05) is 0 Å². The largest absolute Gasteiger partial charge is 0.510 e. The molecule has 1 atom stereocenters. The van der Waals surface area contributed by atoms with Gasteiger partial charge in [0.25, 0.3) is 11.5 Å². The lowest BCUT2D eigenvalue weighted by molar-refractivity contribution is 0.0954. The Morgan fingerprint density at radius 2 is 1.72 bits per heavy atom. The summed E-state index contributed by atoms with van der Waals surface area (Å²) in [6.07, 6.45) is 4.04. The summed E-state index contributed by atoms with van der Waals surface area (Å²) in [5.41, 5.74) is -4.06. The van der Waals surface area contributed by atoms with Crippen LogP contribution in [0.1, 0.15) is 33.6 Å². The molecule has 2 heterocycles. The van der Waals surface area contributed by atoms with Gasteiger partial charge >= 0.3 is 0 Å². The summed E-state index contributed by atoms with van der Waals surface area (Å²) in [5.74, 6) is -3.23. The van der Waals surface area contributed by atoms with Crippen molar-refractivity contribution in [3.63, 3.8) is 0 Å². The number of aliphatic hydroxyl groups is 2. The van der Waals surface area contributed by atoms with Gasteiger partial charge in [-0.25, -0.2) is 5.43 Å². The van der Waals surface area contributed by atoms with Gasteiger partial charge in [0.2, 0.25) is 16.3 Å². The van der Waals surface area contributed by atoms with Crippen LogP contribution in [0.4, 0.5) is 0 Å². The number of rotatable bonds is 4. The van der Waals surface area contributed by atoms with Crippen molar-refractivity contribution in [3.8, 4) is 11.5 Å². The van der Waals surface area contributed by atoms with Crippen LogP contribution in [0.5, 0.6) is 11.5 Å². The summed E-state index contributed by atoms with van der Waals surface area (Å²) in [4.78, 5) is 85.1. The molecule has 234 valence electrons. The number of amides is 1. The zero-order valence-corrected chi connectivity index (χ0v) is 25.5. The van der Waals surface area contributed by atoms with Gasteiger partial charge in [0, 0.05) is 28.5 Å². The summed E-state index contributed by atoms with van der Waals surface area (Å²) >= 11 is 3.23. The van der Waals surface area contributed by atoms with Crippen LogP contribution in [-0.2, 0) is 11.8 Å². The number of hydrazone groups is 1. The van der Waals surface area contributed by atoms with Crippen LogP contribution in [0.15, 0.2) is 70.2 Å². The van der Waals surface area contributed by atoms with Gasteiger partial charge < -0.3 is 25.0 Å². The third-order valence-corrected chi connectivity index (χ3v) is 9.29. The molecule has 5 N–H and O–H groups in total. The number of hydrogen-bond donors (Lipinski definition) is 5. The number of phenolic OH excluding ortho intramolecular Hbond substituents is 1. The van der Waals surface area contributed by atoms with Crippen LogP contribution in [-0.4, -0.2) is 44.5 Å². The van der Waals surface area contributed by atoms with E-state index in [-0.39, 0.29) is 40.4 Å². The molecule has 0 fully saturated rings. The second-order valence-electron chi connectivity index (χ2n) is 11.0. The molecule has 0 radical (unpaired) electrons. The summed E-state index contributed by atoms with van der Waals surface area (Å²) < 4.78 is 5.34. The van der Waals surface area contributed by atoms with Gasteiger partial charge in [-0.15, -0.1) is 0 Å². The number of carbonyl (C=O) groups excluding carboxylic acids is 1. The molecule has 1 spiro atoms. The fourth-order valence-corrected chi connectivity index (χ4v) is 7.05. The number of ether oxygens (including phenoxy) is 1. The second-order valence-corrected chi connectivity index (χ2v) is 11.9. The maximum Gasteiger partial charge on any atom is 0.272 e. The van der Waals surface area contributed by atoms with Crippen molar-refractivity contribution < 1.29 is 24.9 Å². The van der Waals surface area contributed by atoms with Crippen LogP contribution >= 0.6 is 15.9 Å². The van der Waals surface area contributed by atoms with Crippen molar-refractivity contribution in [3.05, 3.63) is 136 Å². The third-order valence-electron chi connectivity index (χ3n) is 8.66. The average molecular weight is 699 g/mol. The summed E-state index contributed by atoms with van der Waals surface area (Å²) in [7, 11) is 1.11. The topological polar surface area (TPSA) is 225 Å². The number of aromatic hydroxyl groups is 1. The number of hydrogen-bond acceptors (Lipinski definition) is 12. The van der Waals surface area contributed by atoms with Crippen LogP contribution in [0, 0.1) is 10.4 Å². The molecule has 4 aliphatic carbocycles. The monoisotopic (exact) mass is 698 g/mol. The normalized spacial score (nSPS) is 16.8. The number of aromatic nitrogens is 2. The van der Waals surface area contributed by atoms with Crippen molar-refractivity contribution in [2.45, 2.75) is 18.3 Å². The van der Waals surface area contributed by atoms with E-state index in [4.69, 9.17) is 4.74 Å². The fourth-order valence-electron chi connectivity index (χ4n) is 6.62. The van der Waals surface area contributed by atoms with Gasteiger partial charge in [-0.3, -0.25) is 33.8 Å². The Labute approximate surface area is 267 Å². The first-order chi connectivity index (χ1) is 22.4. The molecular weight excluding hydrogens is 680 g/mol. The van der Waals surface area contributed by atoms with E-state index in [0.717, 1.165) is 13.2 Å². The predicted octanol–water partition coefficient (Wildman–Crippen LogP) is -0.565. The number of pyridine rings is 2.